The fourth-order valence-corrected chi connectivity index (χ4v) is 4.28. The van der Waals surface area contributed by atoms with Crippen molar-refractivity contribution < 1.29 is 38.2 Å². The Morgan fingerprint density at radius 3 is 2.77 bits per heavy atom. The zero-order valence-electron chi connectivity index (χ0n) is 19.0. The third-order valence-corrected chi connectivity index (χ3v) is 5.94. The molecule has 13 heteroatoms. The van der Waals surface area contributed by atoms with Crippen LogP contribution in [0, 0.1) is 0 Å². The fourth-order valence-electron chi connectivity index (χ4n) is 4.28. The number of pyridine rings is 1. The first kappa shape index (κ1) is 24.1. The summed E-state index contributed by atoms with van der Waals surface area (Å²) >= 11 is 0. The molecule has 13 nitrogen and oxygen atoms in total. The Hall–Kier alpha value is -4.03. The number of nitrogens with one attached hydrogen (secondary N) is 2. The first-order valence-electron chi connectivity index (χ1n) is 11.2. The number of carbonyl (C=O) groups is 6. The van der Waals surface area contributed by atoms with Crippen molar-refractivity contribution in [3.8, 4) is 11.6 Å². The van der Waals surface area contributed by atoms with Gasteiger partial charge in [0.1, 0.15) is 29.8 Å². The summed E-state index contributed by atoms with van der Waals surface area (Å²) in [7, 11) is 0. The van der Waals surface area contributed by atoms with Crippen molar-refractivity contribution in [3.63, 3.8) is 0 Å². The summed E-state index contributed by atoms with van der Waals surface area (Å²) < 4.78 is 10.4. The van der Waals surface area contributed by atoms with Crippen LogP contribution in [0.4, 0.5) is 0 Å². The molecule has 4 amide bonds. The Labute approximate surface area is 200 Å². The number of hydrazine groups is 1. The second-order valence-electron chi connectivity index (χ2n) is 8.49. The molecule has 0 radical (unpaired) electrons. The van der Waals surface area contributed by atoms with Gasteiger partial charge in [0.25, 0.3) is 17.7 Å². The van der Waals surface area contributed by atoms with Crippen LogP contribution < -0.4 is 20.1 Å². The van der Waals surface area contributed by atoms with Crippen LogP contribution in [0.3, 0.4) is 0 Å². The van der Waals surface area contributed by atoms with E-state index in [1.54, 1.807) is 0 Å². The highest BCUT2D eigenvalue weighted by molar-refractivity contribution is 5.99. The van der Waals surface area contributed by atoms with E-state index in [-0.39, 0.29) is 62.3 Å². The maximum atomic E-state index is 13.5. The highest BCUT2D eigenvalue weighted by Crippen LogP contribution is 2.29. The number of hydrogen-bond donors (Lipinski definition) is 2. The second kappa shape index (κ2) is 10.1. The molecule has 2 saturated heterocycles. The number of Topliss-reactive ketones (excluding diaryl/α,β-unsaturated/α-hetero) is 1. The Bertz CT molecular complexity index is 1080. The molecule has 0 bridgehead atoms. The van der Waals surface area contributed by atoms with Gasteiger partial charge in [0.05, 0.1) is 6.04 Å². The third kappa shape index (κ3) is 5.08. The van der Waals surface area contributed by atoms with Crippen LogP contribution in [-0.2, 0) is 24.0 Å². The number of ether oxygens (including phenoxy) is 2. The minimum absolute atomic E-state index is 0.000439. The molecule has 2 N–H and O–H groups in total. The van der Waals surface area contributed by atoms with E-state index < -0.39 is 35.8 Å². The quantitative estimate of drug-likeness (QED) is 0.464. The molecule has 0 aliphatic carbocycles. The van der Waals surface area contributed by atoms with Crippen LogP contribution in [0.2, 0.25) is 0 Å². The Balaban J connectivity index is 1.52. The predicted molar refractivity (Wildman–Crippen MR) is 116 cm³/mol. The van der Waals surface area contributed by atoms with Crippen molar-refractivity contribution in [2.75, 3.05) is 13.3 Å². The van der Waals surface area contributed by atoms with E-state index in [2.05, 4.69) is 15.6 Å². The molecule has 3 aliphatic rings. The Morgan fingerprint density at radius 1 is 1.23 bits per heavy atom. The molecular weight excluding hydrogens is 462 g/mol. The highest BCUT2D eigenvalue weighted by atomic mass is 16.7. The molecule has 4 rings (SSSR count). The van der Waals surface area contributed by atoms with Crippen LogP contribution in [0.5, 0.6) is 11.6 Å². The number of amides is 4. The molecule has 0 spiro atoms. The van der Waals surface area contributed by atoms with Gasteiger partial charge < -0.3 is 24.9 Å². The molecule has 1 aromatic heterocycles. The minimum Gasteiger partial charge on any atom is -0.452 e. The van der Waals surface area contributed by atoms with E-state index in [1.807, 2.05) is 0 Å². The number of hydrogen-bond acceptors (Lipinski definition) is 9. The van der Waals surface area contributed by atoms with Crippen molar-refractivity contribution >= 4 is 35.7 Å². The fraction of sp³-hybridized carbons (Fsp3) is 0.500. The first-order valence-corrected chi connectivity index (χ1v) is 11.2. The molecule has 0 saturated carbocycles. The van der Waals surface area contributed by atoms with Gasteiger partial charge in [-0.15, -0.1) is 0 Å². The average Bonchev–Trinajstić information content (AvgIpc) is 3.28. The minimum atomic E-state index is -1.09. The molecule has 2 fully saturated rings. The van der Waals surface area contributed by atoms with Crippen LogP contribution in [0.15, 0.2) is 12.1 Å². The second-order valence-corrected chi connectivity index (χ2v) is 8.49. The molecule has 35 heavy (non-hydrogen) atoms. The van der Waals surface area contributed by atoms with Crippen LogP contribution >= 0.6 is 0 Å². The Kier molecular flexibility index (Phi) is 6.94. The molecular formula is C22H25N5O8. The summed E-state index contributed by atoms with van der Waals surface area (Å²) in [5, 5.41) is 7.38. The lowest BCUT2D eigenvalue weighted by Gasteiger charge is -2.43. The first-order chi connectivity index (χ1) is 16.8. The topological polar surface area (TPSA) is 164 Å². The summed E-state index contributed by atoms with van der Waals surface area (Å²) in [6.45, 7) is 1.52. The van der Waals surface area contributed by atoms with Crippen molar-refractivity contribution in [3.05, 3.63) is 17.8 Å². The van der Waals surface area contributed by atoms with Gasteiger partial charge in [0, 0.05) is 19.4 Å². The monoisotopic (exact) mass is 487 g/mol. The smallest absolute Gasteiger partial charge is 0.270 e. The Morgan fingerprint density at radius 2 is 2.03 bits per heavy atom. The zero-order valence-corrected chi connectivity index (χ0v) is 19.0. The summed E-state index contributed by atoms with van der Waals surface area (Å²) in [6, 6.07) is -0.250. The molecule has 3 aliphatic heterocycles. The van der Waals surface area contributed by atoms with E-state index in [4.69, 9.17) is 9.47 Å². The van der Waals surface area contributed by atoms with Crippen molar-refractivity contribution in [2.45, 2.75) is 57.2 Å². The largest absolute Gasteiger partial charge is 0.452 e. The zero-order chi connectivity index (χ0) is 25.1. The maximum Gasteiger partial charge on any atom is 0.270 e. The number of rotatable bonds is 7. The van der Waals surface area contributed by atoms with Gasteiger partial charge in [-0.1, -0.05) is 0 Å². The lowest BCUT2D eigenvalue weighted by Crippen LogP contribution is -2.64. The normalized spacial score (nSPS) is 22.1. The molecule has 0 unspecified atom stereocenters. The SMILES string of the molecule is CC(=O)C[C@@H](C=O)NC(=O)[C@@H]1CCCN2C(=O)CC[C@H](NC(=O)c3ccc4c(n3)OCO4)C(=O)N12. The van der Waals surface area contributed by atoms with E-state index in [9.17, 15) is 28.8 Å². The lowest BCUT2D eigenvalue weighted by atomic mass is 10.0. The van der Waals surface area contributed by atoms with E-state index in [0.29, 0.717) is 18.5 Å². The lowest BCUT2D eigenvalue weighted by molar-refractivity contribution is -0.176. The van der Waals surface area contributed by atoms with Gasteiger partial charge in [0.15, 0.2) is 5.75 Å². The van der Waals surface area contributed by atoms with Gasteiger partial charge >= 0.3 is 0 Å². The number of nitrogens with zero attached hydrogens (tertiary/aromatic N) is 3. The summed E-state index contributed by atoms with van der Waals surface area (Å²) in [5.74, 6) is -2.01. The van der Waals surface area contributed by atoms with Gasteiger partial charge in [-0.25, -0.2) is 9.99 Å². The van der Waals surface area contributed by atoms with Crippen molar-refractivity contribution in [2.24, 2.45) is 0 Å². The number of ketones is 1. The van der Waals surface area contributed by atoms with Crippen molar-refractivity contribution in [1.82, 2.24) is 25.6 Å². The number of aldehydes is 1. The van der Waals surface area contributed by atoms with E-state index >= 15 is 0 Å². The summed E-state index contributed by atoms with van der Waals surface area (Å²) in [6.07, 6.45) is 1.01. The average molecular weight is 487 g/mol. The van der Waals surface area contributed by atoms with Gasteiger partial charge in [0.2, 0.25) is 18.6 Å². The number of carbonyl (C=O) groups excluding carboxylic acids is 6. The van der Waals surface area contributed by atoms with E-state index in [0.717, 1.165) is 5.01 Å². The molecule has 3 atom stereocenters. The maximum absolute atomic E-state index is 13.5. The van der Waals surface area contributed by atoms with Crippen LogP contribution in [0.1, 0.15) is 49.5 Å². The van der Waals surface area contributed by atoms with Gasteiger partial charge in [-0.2, -0.15) is 0 Å². The number of aromatic nitrogens is 1. The predicted octanol–water partition coefficient (Wildman–Crippen LogP) is -0.900. The highest BCUT2D eigenvalue weighted by Gasteiger charge is 2.45. The third-order valence-electron chi connectivity index (χ3n) is 5.94. The summed E-state index contributed by atoms with van der Waals surface area (Å²) in [5.41, 5.74) is 0.000439. The molecule has 0 aromatic carbocycles. The molecule has 186 valence electrons. The van der Waals surface area contributed by atoms with Gasteiger partial charge in [-0.3, -0.25) is 29.0 Å². The standard InChI is InChI=1S/C22H25N5O8/c1-12(29)9-13(10-28)23-20(32)16-3-2-8-26-18(30)7-5-15(22(33)27(16)26)24-19(31)14-4-6-17-21(25-14)35-11-34-17/h4,6,10,13,15-16H,2-3,5,7-9,11H2,1H3,(H,23,32)(H,24,31)/t13-,15-,16-/m0/s1. The van der Waals surface area contributed by atoms with Crippen molar-refractivity contribution in [1.29, 1.82) is 0 Å². The van der Waals surface area contributed by atoms with Gasteiger partial charge in [-0.05, 0) is 38.3 Å². The molecule has 1 aromatic rings. The number of fused-ring (bicyclic) bond motifs is 2. The summed E-state index contributed by atoms with van der Waals surface area (Å²) in [4.78, 5) is 78.8. The van der Waals surface area contributed by atoms with Crippen LogP contribution in [-0.4, -0.2) is 82.2 Å². The van der Waals surface area contributed by atoms with Crippen LogP contribution in [0.25, 0.3) is 0 Å². The molecule has 4 heterocycles. The van der Waals surface area contributed by atoms with E-state index in [1.165, 1.54) is 24.1 Å².